The van der Waals surface area contributed by atoms with Crippen molar-refractivity contribution < 1.29 is 12.8 Å². The summed E-state index contributed by atoms with van der Waals surface area (Å²) < 4.78 is 42.1. The van der Waals surface area contributed by atoms with E-state index in [1.165, 1.54) is 34.9 Å². The lowest BCUT2D eigenvalue weighted by Crippen LogP contribution is -2.41. The van der Waals surface area contributed by atoms with Crippen molar-refractivity contribution in [2.45, 2.75) is 24.3 Å². The Morgan fingerprint density at radius 3 is 2.86 bits per heavy atom. The molecule has 0 bridgehead atoms. The highest BCUT2D eigenvalue weighted by atomic mass is 32.2. The number of aromatic nitrogens is 3. The van der Waals surface area contributed by atoms with Crippen molar-refractivity contribution in [2.24, 2.45) is 5.92 Å². The number of rotatable bonds is 4. The predicted molar refractivity (Wildman–Crippen MR) is 77.9 cm³/mol. The molecule has 0 amide bonds. The van der Waals surface area contributed by atoms with Gasteiger partial charge in [0.25, 0.3) is 0 Å². The predicted octanol–water partition coefficient (Wildman–Crippen LogP) is 1.52. The van der Waals surface area contributed by atoms with Gasteiger partial charge in [-0.2, -0.15) is 9.40 Å². The molecule has 8 heteroatoms. The topological polar surface area (TPSA) is 68.1 Å². The molecule has 0 radical (unpaired) electrons. The maximum Gasteiger partial charge on any atom is 0.245 e. The van der Waals surface area contributed by atoms with Gasteiger partial charge < -0.3 is 0 Å². The summed E-state index contributed by atoms with van der Waals surface area (Å²) in [5.74, 6) is -0.558. The summed E-state index contributed by atoms with van der Waals surface area (Å²) in [5.41, 5.74) is 0. The fraction of sp³-hybridized carbons (Fsp3) is 0.429. The van der Waals surface area contributed by atoms with Crippen LogP contribution >= 0.6 is 0 Å². The van der Waals surface area contributed by atoms with E-state index in [-0.39, 0.29) is 10.8 Å². The quantitative estimate of drug-likeness (QED) is 0.855. The Morgan fingerprint density at radius 1 is 1.32 bits per heavy atom. The van der Waals surface area contributed by atoms with Crippen LogP contribution in [0.2, 0.25) is 0 Å². The Kier molecular flexibility index (Phi) is 4.21. The van der Waals surface area contributed by atoms with E-state index in [9.17, 15) is 12.8 Å². The highest BCUT2D eigenvalue weighted by molar-refractivity contribution is 7.89. The van der Waals surface area contributed by atoms with E-state index in [0.29, 0.717) is 19.6 Å². The number of halogens is 1. The smallest absolute Gasteiger partial charge is 0.245 e. The van der Waals surface area contributed by atoms with E-state index in [0.717, 1.165) is 12.8 Å². The number of benzene rings is 1. The molecule has 22 heavy (non-hydrogen) atoms. The molecule has 0 aliphatic carbocycles. The van der Waals surface area contributed by atoms with Gasteiger partial charge in [-0.3, -0.25) is 4.68 Å². The van der Waals surface area contributed by atoms with Crippen molar-refractivity contribution in [3.8, 4) is 0 Å². The fourth-order valence-corrected chi connectivity index (χ4v) is 4.40. The SMILES string of the molecule is O=S(=O)(c1ccccc1F)N1CCCC(Cn2cncn2)C1. The first kappa shape index (κ1) is 15.1. The molecule has 3 rings (SSSR count). The summed E-state index contributed by atoms with van der Waals surface area (Å²) in [5, 5.41) is 4.05. The van der Waals surface area contributed by atoms with Gasteiger partial charge in [-0.05, 0) is 30.9 Å². The van der Waals surface area contributed by atoms with Crippen molar-refractivity contribution in [3.05, 3.63) is 42.7 Å². The molecule has 1 aromatic heterocycles. The maximum absolute atomic E-state index is 13.8. The molecule has 1 aliphatic heterocycles. The monoisotopic (exact) mass is 324 g/mol. The number of sulfonamides is 1. The van der Waals surface area contributed by atoms with Crippen LogP contribution < -0.4 is 0 Å². The highest BCUT2D eigenvalue weighted by Crippen LogP contribution is 2.25. The van der Waals surface area contributed by atoms with Crippen molar-refractivity contribution >= 4 is 10.0 Å². The standard InChI is InChI=1S/C14H17FN4O2S/c15-13-5-1-2-6-14(13)22(20,21)19-7-3-4-12(9-19)8-18-11-16-10-17-18/h1-2,5-6,10-12H,3-4,7-9H2. The summed E-state index contributed by atoms with van der Waals surface area (Å²) >= 11 is 0. The molecule has 1 atom stereocenters. The second-order valence-corrected chi connectivity index (χ2v) is 7.33. The Balaban J connectivity index is 1.78. The minimum Gasteiger partial charge on any atom is -0.253 e. The van der Waals surface area contributed by atoms with Crippen LogP contribution in [-0.2, 0) is 16.6 Å². The second kappa shape index (κ2) is 6.13. The van der Waals surface area contributed by atoms with E-state index in [1.54, 1.807) is 11.0 Å². The molecular weight excluding hydrogens is 307 g/mol. The van der Waals surface area contributed by atoms with Crippen LogP contribution in [0, 0.1) is 11.7 Å². The maximum atomic E-state index is 13.8. The third kappa shape index (κ3) is 3.02. The first-order valence-corrected chi connectivity index (χ1v) is 8.58. The first-order valence-electron chi connectivity index (χ1n) is 7.14. The van der Waals surface area contributed by atoms with Crippen molar-refractivity contribution in [1.29, 1.82) is 0 Å². The van der Waals surface area contributed by atoms with Crippen LogP contribution in [0.4, 0.5) is 4.39 Å². The molecule has 1 aliphatic rings. The van der Waals surface area contributed by atoms with Crippen LogP contribution in [0.25, 0.3) is 0 Å². The van der Waals surface area contributed by atoms with E-state index in [1.807, 2.05) is 0 Å². The zero-order valence-corrected chi connectivity index (χ0v) is 12.8. The lowest BCUT2D eigenvalue weighted by molar-refractivity contribution is 0.239. The van der Waals surface area contributed by atoms with Gasteiger partial charge in [0, 0.05) is 19.6 Å². The zero-order chi connectivity index (χ0) is 15.6. The third-order valence-corrected chi connectivity index (χ3v) is 5.75. The molecular formula is C14H17FN4O2S. The molecule has 0 spiro atoms. The minimum absolute atomic E-state index is 0.150. The molecule has 1 aromatic carbocycles. The van der Waals surface area contributed by atoms with Gasteiger partial charge in [-0.25, -0.2) is 17.8 Å². The molecule has 1 fully saturated rings. The Morgan fingerprint density at radius 2 is 2.14 bits per heavy atom. The molecule has 2 heterocycles. The van der Waals surface area contributed by atoms with E-state index in [2.05, 4.69) is 10.1 Å². The van der Waals surface area contributed by atoms with Crippen LogP contribution in [0.5, 0.6) is 0 Å². The molecule has 1 unspecified atom stereocenters. The summed E-state index contributed by atoms with van der Waals surface area (Å²) in [6, 6.07) is 5.50. The Bertz CT molecular complexity index is 733. The lowest BCUT2D eigenvalue weighted by Gasteiger charge is -2.31. The van der Waals surface area contributed by atoms with Gasteiger partial charge in [-0.1, -0.05) is 12.1 Å². The van der Waals surface area contributed by atoms with Gasteiger partial charge in [0.05, 0.1) is 0 Å². The molecule has 118 valence electrons. The van der Waals surface area contributed by atoms with E-state index in [4.69, 9.17) is 0 Å². The number of hydrogen-bond donors (Lipinski definition) is 0. The summed E-state index contributed by atoms with van der Waals surface area (Å²) in [6.07, 6.45) is 4.75. The van der Waals surface area contributed by atoms with Gasteiger partial charge in [-0.15, -0.1) is 0 Å². The van der Waals surface area contributed by atoms with Crippen LogP contribution in [0.1, 0.15) is 12.8 Å². The highest BCUT2D eigenvalue weighted by Gasteiger charge is 2.32. The Hall–Kier alpha value is -1.80. The average Bonchev–Trinajstić information content (AvgIpc) is 3.01. The second-order valence-electron chi connectivity index (χ2n) is 5.42. The number of nitrogens with zero attached hydrogens (tertiary/aromatic N) is 4. The molecule has 1 saturated heterocycles. The Labute approximate surface area is 128 Å². The third-order valence-electron chi connectivity index (χ3n) is 3.85. The lowest BCUT2D eigenvalue weighted by atomic mass is 10.00. The van der Waals surface area contributed by atoms with Crippen LogP contribution in [-0.4, -0.2) is 40.6 Å². The normalized spacial score (nSPS) is 20.1. The van der Waals surface area contributed by atoms with Crippen LogP contribution in [0.3, 0.4) is 0 Å². The summed E-state index contributed by atoms with van der Waals surface area (Å²) in [7, 11) is -3.79. The van der Waals surface area contributed by atoms with Crippen molar-refractivity contribution in [1.82, 2.24) is 19.1 Å². The van der Waals surface area contributed by atoms with Gasteiger partial charge in [0.15, 0.2) is 0 Å². The number of piperidine rings is 1. The van der Waals surface area contributed by atoms with Gasteiger partial charge in [0.2, 0.25) is 10.0 Å². The van der Waals surface area contributed by atoms with Gasteiger partial charge >= 0.3 is 0 Å². The molecule has 0 saturated carbocycles. The first-order chi connectivity index (χ1) is 10.6. The average molecular weight is 324 g/mol. The fourth-order valence-electron chi connectivity index (χ4n) is 2.78. The summed E-state index contributed by atoms with van der Waals surface area (Å²) in [4.78, 5) is 3.63. The van der Waals surface area contributed by atoms with Crippen LogP contribution in [0.15, 0.2) is 41.8 Å². The van der Waals surface area contributed by atoms with E-state index >= 15 is 0 Å². The number of hydrogen-bond acceptors (Lipinski definition) is 4. The van der Waals surface area contributed by atoms with Crippen molar-refractivity contribution in [3.63, 3.8) is 0 Å². The van der Waals surface area contributed by atoms with E-state index < -0.39 is 15.8 Å². The molecule has 2 aromatic rings. The zero-order valence-electron chi connectivity index (χ0n) is 12.0. The minimum atomic E-state index is -3.79. The molecule has 0 N–H and O–H groups in total. The van der Waals surface area contributed by atoms with Gasteiger partial charge in [0.1, 0.15) is 23.4 Å². The molecule has 6 nitrogen and oxygen atoms in total. The van der Waals surface area contributed by atoms with Crippen molar-refractivity contribution in [2.75, 3.05) is 13.1 Å². The summed E-state index contributed by atoms with van der Waals surface area (Å²) in [6.45, 7) is 1.41. The largest absolute Gasteiger partial charge is 0.253 e.